The largest absolute Gasteiger partial charge is 0.699 e. The molecule has 2 aromatic carbocycles. The molecule has 10 N–H and O–H groups in total. The molecule has 311 valence electrons. The minimum atomic E-state index is -0.977. The molecule has 0 bridgehead atoms. The smallest absolute Gasteiger partial charge is 0.407 e. The van der Waals surface area contributed by atoms with Crippen molar-refractivity contribution in [2.24, 2.45) is 11.1 Å². The van der Waals surface area contributed by atoms with Crippen molar-refractivity contribution < 1.29 is 76.4 Å². The zero-order valence-corrected chi connectivity index (χ0v) is 37.9. The van der Waals surface area contributed by atoms with Gasteiger partial charge in [0.05, 0.1) is 18.6 Å². The number of aliphatic hydroxyl groups excluding tert-OH is 1. The fraction of sp³-hybridized carbons (Fsp3) is 0.514. The summed E-state index contributed by atoms with van der Waals surface area (Å²) in [6.45, 7) is 12.7. The standard InChI is InChI=1S/C18H27N2O4.C16H22N5O5.C3H8.Fm.Y/c1-17(2,3)24-16(23)20-14(11-18(4,5)15(21)22)10-12-6-8-13(19)9-7-12;17-16(26)19-7-1-2-13(21-14(24)8-18-10-23)15(25)20-12-5-3-11(9-22)4-6-12;1-3-2;;/h6-9,14,19H,10-11H2,1-5H3,(H,20,23)(H,21,22);3-6,13,22H,1-2,7-9H2,(H,18,23)(H,20,25)(H,21,24)(H3,17,19,26);3H2,1-2H3;;/q2*-1;;;. The quantitative estimate of drug-likeness (QED) is 0.0633. The molecule has 0 heterocycles. The van der Waals surface area contributed by atoms with E-state index in [1.54, 1.807) is 83.1 Å². The third-order valence-electron chi connectivity index (χ3n) is 6.84. The van der Waals surface area contributed by atoms with E-state index >= 15 is 0 Å². The number of aliphatic carboxylic acids is 1. The first-order valence-electron chi connectivity index (χ1n) is 17.2. The molecule has 55 heavy (non-hydrogen) atoms. The summed E-state index contributed by atoms with van der Waals surface area (Å²) in [7, 11) is 0. The molecule has 18 heteroatoms. The topological polar surface area (TPSA) is 262 Å². The maximum Gasteiger partial charge on any atom is 0.407 e. The van der Waals surface area contributed by atoms with E-state index in [1.807, 2.05) is 0 Å². The minimum absolute atomic E-state index is 0. The second-order valence-corrected chi connectivity index (χ2v) is 13.7. The summed E-state index contributed by atoms with van der Waals surface area (Å²) in [5.41, 5.74) is 13.4. The number of benzene rings is 2. The molecule has 6 amide bonds. The Morgan fingerprint density at radius 3 is 1.95 bits per heavy atom. The van der Waals surface area contributed by atoms with Gasteiger partial charge >= 0.3 is 18.1 Å². The number of hydrogen-bond donors (Lipinski definition) is 8. The third-order valence-corrected chi connectivity index (χ3v) is 6.84. The molecule has 0 spiro atoms. The summed E-state index contributed by atoms with van der Waals surface area (Å²) in [4.78, 5) is 68.4. The molecule has 2 unspecified atom stereocenters. The van der Waals surface area contributed by atoms with Gasteiger partial charge in [-0.25, -0.2) is 9.59 Å². The van der Waals surface area contributed by atoms with E-state index in [0.717, 1.165) is 5.56 Å². The molecule has 0 aromatic heterocycles. The van der Waals surface area contributed by atoms with Crippen molar-refractivity contribution >= 4 is 47.7 Å². The number of carbonyl (C=O) groups is 5. The molecule has 1 radical (unpaired) electrons. The number of aliphatic hydroxyl groups is 1. The van der Waals surface area contributed by atoms with Gasteiger partial charge in [0.2, 0.25) is 11.8 Å². The molecule has 2 aromatic rings. The van der Waals surface area contributed by atoms with E-state index in [9.17, 15) is 33.9 Å². The van der Waals surface area contributed by atoms with E-state index in [4.69, 9.17) is 21.3 Å². The first-order valence-corrected chi connectivity index (χ1v) is 17.2. The Labute approximate surface area is 343 Å². The second-order valence-electron chi connectivity index (χ2n) is 13.7. The number of anilines is 1. The van der Waals surface area contributed by atoms with Crippen molar-refractivity contribution in [2.45, 2.75) is 105 Å². The maximum absolute atomic E-state index is 12.4. The molecule has 0 fully saturated rings. The predicted molar refractivity (Wildman–Crippen MR) is 203 cm³/mol. The summed E-state index contributed by atoms with van der Waals surface area (Å²) in [5, 5.41) is 30.8. The van der Waals surface area contributed by atoms with Gasteiger partial charge in [-0.05, 0) is 83.6 Å². The maximum atomic E-state index is 12.4. The Morgan fingerprint density at radius 2 is 1.47 bits per heavy atom. The van der Waals surface area contributed by atoms with Gasteiger partial charge in [-0.1, -0.05) is 56.7 Å². The number of rotatable bonds is 17. The normalized spacial score (nSPS) is 11.3. The van der Waals surface area contributed by atoms with Crippen LogP contribution in [0.3, 0.4) is 0 Å². The zero-order chi connectivity index (χ0) is 40.6. The summed E-state index contributed by atoms with van der Waals surface area (Å²) in [5.74, 6) is -1.92. The van der Waals surface area contributed by atoms with Crippen LogP contribution in [-0.2, 0) is 69.7 Å². The first-order chi connectivity index (χ1) is 24.8. The summed E-state index contributed by atoms with van der Waals surface area (Å²) in [6.07, 6.45) is 3.44. The van der Waals surface area contributed by atoms with Crippen LogP contribution in [0, 0.1) is 5.41 Å². The third kappa shape index (κ3) is 26.2. The molecule has 2 atom stereocenters. The predicted octanol–water partition coefficient (Wildman–Crippen LogP) is 4.43. The van der Waals surface area contributed by atoms with Gasteiger partial charge in [-0.2, -0.15) is 6.41 Å². The van der Waals surface area contributed by atoms with Gasteiger partial charge in [-0.3, -0.25) is 14.4 Å². The summed E-state index contributed by atoms with van der Waals surface area (Å²) >= 11 is 0. The monoisotopic (exact) mass is 1090 g/mol. The van der Waals surface area contributed by atoms with E-state index in [-0.39, 0.29) is 71.3 Å². The van der Waals surface area contributed by atoms with E-state index < -0.39 is 47.0 Å². The van der Waals surface area contributed by atoms with Crippen LogP contribution in [0.2, 0.25) is 0 Å². The van der Waals surface area contributed by atoms with Gasteiger partial charge in [0, 0.05) is 51.0 Å². The summed E-state index contributed by atoms with van der Waals surface area (Å²) in [6, 6.07) is 11.6. The number of carboxylic acid groups (broad SMARTS) is 1. The Kier molecular flexibility index (Phi) is 27.7. The van der Waals surface area contributed by atoms with E-state index in [0.29, 0.717) is 29.8 Å². The fourth-order valence-electron chi connectivity index (χ4n) is 4.35. The van der Waals surface area contributed by atoms with E-state index in [2.05, 4.69) is 40.4 Å². The van der Waals surface area contributed by atoms with Crippen molar-refractivity contribution in [3.05, 3.63) is 65.4 Å². The second kappa shape index (κ2) is 28.2. The number of ether oxygens (including phenoxy) is 1. The zero-order valence-electron chi connectivity index (χ0n) is 32.6. The van der Waals surface area contributed by atoms with Crippen molar-refractivity contribution in [1.82, 2.24) is 21.3 Å². The molecular formula is C37H57FmN7O9Y-2. The molecule has 2 rings (SSSR count). The number of amides is 6. The summed E-state index contributed by atoms with van der Waals surface area (Å²) < 4.78 is 5.27. The van der Waals surface area contributed by atoms with Gasteiger partial charge < -0.3 is 57.8 Å². The van der Waals surface area contributed by atoms with Crippen LogP contribution < -0.4 is 32.3 Å². The number of carbonyl (C=O) groups excluding carboxylic acids is 5. The Balaban J connectivity index is -0.000000889. The van der Waals surface area contributed by atoms with Crippen molar-refractivity contribution in [3.63, 3.8) is 0 Å². The molecule has 0 saturated heterocycles. The van der Waals surface area contributed by atoms with Gasteiger partial charge in [0.1, 0.15) is 11.6 Å². The van der Waals surface area contributed by atoms with Crippen molar-refractivity contribution in [3.8, 4) is 0 Å². The van der Waals surface area contributed by atoms with E-state index in [1.165, 1.54) is 12.8 Å². The number of urea groups is 1. The van der Waals surface area contributed by atoms with Crippen LogP contribution in [0.5, 0.6) is 0 Å². The molecular weight excluding hydrogens is 1030 g/mol. The molecule has 0 aliphatic heterocycles. The average Bonchev–Trinajstić information content (AvgIpc) is 3.06. The molecule has 0 saturated carbocycles. The van der Waals surface area contributed by atoms with Crippen LogP contribution >= 0.6 is 0 Å². The number of hydrogen-bond acceptors (Lipinski definition) is 8. The van der Waals surface area contributed by atoms with Crippen molar-refractivity contribution in [2.75, 3.05) is 18.4 Å². The van der Waals surface area contributed by atoms with Gasteiger partial charge in [0.15, 0.2) is 0 Å². The van der Waals surface area contributed by atoms with Gasteiger partial charge in [0.25, 0.3) is 0 Å². The van der Waals surface area contributed by atoms with Crippen molar-refractivity contribution in [1.29, 1.82) is 0 Å². The van der Waals surface area contributed by atoms with Crippen LogP contribution in [0.4, 0.5) is 21.0 Å². The Hall–Kier alpha value is -5.28. The Bertz CT molecular complexity index is 1440. The average molecular weight is 1090 g/mol. The van der Waals surface area contributed by atoms with Crippen LogP contribution in [0.15, 0.2) is 48.5 Å². The molecule has 0 aliphatic rings. The number of nitrogens with two attached hydrogens (primary N) is 1. The van der Waals surface area contributed by atoms with Crippen LogP contribution in [0.1, 0.15) is 85.3 Å². The van der Waals surface area contributed by atoms with Crippen LogP contribution in [0.25, 0.3) is 5.73 Å². The fourth-order valence-corrected chi connectivity index (χ4v) is 4.35. The number of carboxylic acids is 1. The van der Waals surface area contributed by atoms with Gasteiger partial charge in [-0.15, -0.1) is 5.69 Å². The first kappa shape index (κ1) is 54.1. The SMILES string of the molecule is CC(C)(C)OC(=O)NC(Cc1ccc([NH-])cc1)CC(C)(C)C(=O)O.CCC.NC(=O)NCCCC(NC(=O)CN[C-]=O)C(=O)Nc1ccc(CO)cc1.[Fm].[Y]. The Morgan fingerprint density at radius 1 is 0.927 bits per heavy atom. The number of alkyl carbamates (subject to hydrolysis) is 1. The number of primary amides is 1. The minimum Gasteiger partial charge on any atom is -0.699 e. The molecule has 16 nitrogen and oxygen atoms in total. The molecule has 0 aliphatic carbocycles. The number of nitrogens with one attached hydrogen (secondary N) is 6. The van der Waals surface area contributed by atoms with Crippen LogP contribution in [-0.4, -0.2) is 77.3 Å².